The highest BCUT2D eigenvalue weighted by atomic mass is 32.2. The molecule has 0 saturated heterocycles. The molecule has 180 valence electrons. The van der Waals surface area contributed by atoms with Crippen LogP contribution in [0.1, 0.15) is 70.0 Å². The Bertz CT molecular complexity index is 1140. The minimum absolute atomic E-state index is 0.201. The molecule has 33 heavy (non-hydrogen) atoms. The SMILES string of the molecule is CCc1ccc(S(N)(=O)=O)cc1CC.CCc1nnc(Oc2ccc(C(C)C)cc2)n1CC. The maximum absolute atomic E-state index is 11.1. The number of sulfonamides is 1. The third-order valence-electron chi connectivity index (χ3n) is 5.45. The molecule has 7 nitrogen and oxygen atoms in total. The summed E-state index contributed by atoms with van der Waals surface area (Å²) in [5.41, 5.74) is 3.54. The highest BCUT2D eigenvalue weighted by Gasteiger charge is 2.11. The van der Waals surface area contributed by atoms with Gasteiger partial charge in [0.05, 0.1) is 4.90 Å². The van der Waals surface area contributed by atoms with Gasteiger partial charge in [-0.05, 0) is 66.6 Å². The summed E-state index contributed by atoms with van der Waals surface area (Å²) in [6.07, 6.45) is 2.59. The number of hydrogen-bond acceptors (Lipinski definition) is 5. The number of hydrogen-bond donors (Lipinski definition) is 1. The zero-order chi connectivity index (χ0) is 24.6. The van der Waals surface area contributed by atoms with Crippen LogP contribution >= 0.6 is 0 Å². The van der Waals surface area contributed by atoms with E-state index in [9.17, 15) is 8.42 Å². The van der Waals surface area contributed by atoms with E-state index >= 15 is 0 Å². The van der Waals surface area contributed by atoms with E-state index in [1.54, 1.807) is 12.1 Å². The van der Waals surface area contributed by atoms with Crippen LogP contribution in [0, 0.1) is 0 Å². The molecule has 0 amide bonds. The highest BCUT2D eigenvalue weighted by Crippen LogP contribution is 2.23. The minimum atomic E-state index is -3.56. The number of aromatic nitrogens is 3. The molecule has 3 rings (SSSR count). The largest absolute Gasteiger partial charge is 0.424 e. The van der Waals surface area contributed by atoms with E-state index in [1.807, 2.05) is 36.6 Å². The zero-order valence-electron chi connectivity index (χ0n) is 20.5. The Balaban J connectivity index is 0.000000245. The van der Waals surface area contributed by atoms with E-state index in [-0.39, 0.29) is 4.90 Å². The molecule has 0 aliphatic heterocycles. The zero-order valence-corrected chi connectivity index (χ0v) is 21.3. The van der Waals surface area contributed by atoms with Gasteiger partial charge in [-0.2, -0.15) is 0 Å². The van der Waals surface area contributed by atoms with Crippen LogP contribution in [-0.2, 0) is 35.8 Å². The summed E-state index contributed by atoms with van der Waals surface area (Å²) in [5, 5.41) is 13.3. The van der Waals surface area contributed by atoms with Gasteiger partial charge in [0.25, 0.3) is 0 Å². The Morgan fingerprint density at radius 2 is 1.55 bits per heavy atom. The number of rotatable bonds is 8. The van der Waals surface area contributed by atoms with Crippen molar-refractivity contribution >= 4 is 10.0 Å². The fourth-order valence-corrected chi connectivity index (χ4v) is 4.02. The molecule has 0 bridgehead atoms. The summed E-state index contributed by atoms with van der Waals surface area (Å²) in [4.78, 5) is 0.201. The highest BCUT2D eigenvalue weighted by molar-refractivity contribution is 7.89. The van der Waals surface area contributed by atoms with E-state index in [1.165, 1.54) is 11.1 Å². The normalized spacial score (nSPS) is 11.3. The standard InChI is InChI=1S/C15H21N3O.C10H15NO2S/c1-5-14-16-17-15(18(14)6-2)19-13-9-7-12(8-10-13)11(3)4;1-3-8-5-6-10(14(11,12)13)7-9(8)4-2/h7-11H,5-6H2,1-4H3;5-7H,3-4H2,1-2H3,(H2,11,12,13). The fraction of sp³-hybridized carbons (Fsp3) is 0.440. The second-order valence-corrected chi connectivity index (χ2v) is 9.57. The lowest BCUT2D eigenvalue weighted by Crippen LogP contribution is -2.12. The lowest BCUT2D eigenvalue weighted by Gasteiger charge is -2.09. The molecule has 2 N–H and O–H groups in total. The van der Waals surface area contributed by atoms with E-state index in [0.29, 0.717) is 11.9 Å². The molecule has 0 radical (unpaired) electrons. The molecule has 0 aliphatic carbocycles. The van der Waals surface area contributed by atoms with Crippen molar-refractivity contribution in [3.05, 3.63) is 65.0 Å². The smallest absolute Gasteiger partial charge is 0.322 e. The number of ether oxygens (including phenoxy) is 1. The molecule has 3 aromatic rings. The molecule has 0 saturated carbocycles. The molecular formula is C25H36N4O3S. The monoisotopic (exact) mass is 472 g/mol. The van der Waals surface area contributed by atoms with Crippen molar-refractivity contribution in [3.8, 4) is 11.8 Å². The fourth-order valence-electron chi connectivity index (χ4n) is 3.45. The van der Waals surface area contributed by atoms with Crippen LogP contribution in [0.5, 0.6) is 11.8 Å². The van der Waals surface area contributed by atoms with Crippen molar-refractivity contribution in [3.63, 3.8) is 0 Å². The molecule has 0 aliphatic rings. The molecule has 0 unspecified atom stereocenters. The first-order chi connectivity index (χ1) is 15.6. The van der Waals surface area contributed by atoms with E-state index < -0.39 is 10.0 Å². The lowest BCUT2D eigenvalue weighted by molar-refractivity contribution is 0.411. The van der Waals surface area contributed by atoms with Gasteiger partial charge in [0.15, 0.2) is 0 Å². The second-order valence-electron chi connectivity index (χ2n) is 8.01. The van der Waals surface area contributed by atoms with E-state index in [2.05, 4.69) is 50.0 Å². The van der Waals surface area contributed by atoms with Crippen molar-refractivity contribution in [2.75, 3.05) is 0 Å². The van der Waals surface area contributed by atoms with E-state index in [4.69, 9.17) is 9.88 Å². The van der Waals surface area contributed by atoms with Crippen LogP contribution in [0.2, 0.25) is 0 Å². The molecule has 0 fully saturated rings. The molecule has 2 aromatic carbocycles. The van der Waals surface area contributed by atoms with Gasteiger partial charge in [-0.15, -0.1) is 5.10 Å². The Hall–Kier alpha value is -2.71. The summed E-state index contributed by atoms with van der Waals surface area (Å²) in [6.45, 7) is 13.4. The quantitative estimate of drug-likeness (QED) is 0.483. The molecule has 8 heteroatoms. The van der Waals surface area contributed by atoms with Gasteiger partial charge in [-0.3, -0.25) is 4.57 Å². The number of benzene rings is 2. The van der Waals surface area contributed by atoms with Gasteiger partial charge >= 0.3 is 6.01 Å². The van der Waals surface area contributed by atoms with Crippen LogP contribution in [0.25, 0.3) is 0 Å². The average Bonchev–Trinajstić information content (AvgIpc) is 3.20. The Kier molecular flexibility index (Phi) is 9.61. The summed E-state index contributed by atoms with van der Waals surface area (Å²) >= 11 is 0. The first kappa shape index (κ1) is 26.5. The molecular weight excluding hydrogens is 436 g/mol. The molecule has 0 atom stereocenters. The van der Waals surface area contributed by atoms with Gasteiger partial charge in [-0.1, -0.05) is 57.9 Å². The summed E-state index contributed by atoms with van der Waals surface area (Å²) in [6, 6.07) is 13.8. The van der Waals surface area contributed by atoms with Crippen LogP contribution in [-0.4, -0.2) is 23.2 Å². The third kappa shape index (κ3) is 7.14. The maximum atomic E-state index is 11.1. The Morgan fingerprint density at radius 1 is 0.909 bits per heavy atom. The van der Waals surface area contributed by atoms with Crippen molar-refractivity contribution in [1.29, 1.82) is 0 Å². The van der Waals surface area contributed by atoms with Crippen molar-refractivity contribution < 1.29 is 13.2 Å². The van der Waals surface area contributed by atoms with Gasteiger partial charge in [0.2, 0.25) is 10.0 Å². The summed E-state index contributed by atoms with van der Waals surface area (Å²) in [7, 11) is -3.56. The predicted molar refractivity (Wildman–Crippen MR) is 132 cm³/mol. The van der Waals surface area contributed by atoms with Crippen molar-refractivity contribution in [1.82, 2.24) is 14.8 Å². The van der Waals surface area contributed by atoms with Crippen LogP contribution in [0.3, 0.4) is 0 Å². The van der Waals surface area contributed by atoms with Gasteiger partial charge in [0, 0.05) is 13.0 Å². The minimum Gasteiger partial charge on any atom is -0.424 e. The number of aryl methyl sites for hydroxylation is 3. The first-order valence-electron chi connectivity index (χ1n) is 11.5. The van der Waals surface area contributed by atoms with E-state index in [0.717, 1.165) is 42.9 Å². The number of nitrogens with two attached hydrogens (primary N) is 1. The second kappa shape index (κ2) is 12.0. The number of primary sulfonamides is 1. The van der Waals surface area contributed by atoms with Gasteiger partial charge in [0.1, 0.15) is 11.6 Å². The third-order valence-corrected chi connectivity index (χ3v) is 6.36. The molecule has 1 heterocycles. The van der Waals surface area contributed by atoms with Gasteiger partial charge < -0.3 is 4.74 Å². The summed E-state index contributed by atoms with van der Waals surface area (Å²) < 4.78 is 30.0. The lowest BCUT2D eigenvalue weighted by atomic mass is 10.0. The van der Waals surface area contributed by atoms with Crippen LogP contribution in [0.4, 0.5) is 0 Å². The molecule has 1 aromatic heterocycles. The topological polar surface area (TPSA) is 100 Å². The van der Waals surface area contributed by atoms with Crippen LogP contribution < -0.4 is 9.88 Å². The summed E-state index contributed by atoms with van der Waals surface area (Å²) in [5.74, 6) is 2.28. The maximum Gasteiger partial charge on any atom is 0.322 e. The molecule has 0 spiro atoms. The number of nitrogens with zero attached hydrogens (tertiary/aromatic N) is 3. The van der Waals surface area contributed by atoms with Gasteiger partial charge in [-0.25, -0.2) is 13.6 Å². The first-order valence-corrected chi connectivity index (χ1v) is 13.0. The van der Waals surface area contributed by atoms with Crippen LogP contribution in [0.15, 0.2) is 47.4 Å². The Labute approximate surface area is 198 Å². The van der Waals surface area contributed by atoms with Crippen molar-refractivity contribution in [2.45, 2.75) is 78.2 Å². The Morgan fingerprint density at radius 3 is 2.03 bits per heavy atom. The average molecular weight is 473 g/mol. The predicted octanol–water partition coefficient (Wildman–Crippen LogP) is 5.23. The van der Waals surface area contributed by atoms with Crippen molar-refractivity contribution in [2.24, 2.45) is 5.14 Å².